The highest BCUT2D eigenvalue weighted by atomic mass is 19.1. The van der Waals surface area contributed by atoms with Gasteiger partial charge in [-0.05, 0) is 12.5 Å². The fourth-order valence-corrected chi connectivity index (χ4v) is 1.27. The minimum absolute atomic E-state index is 0.0216. The van der Waals surface area contributed by atoms with Gasteiger partial charge in [-0.1, -0.05) is 6.92 Å². The Bertz CT molecular complexity index is 305. The van der Waals surface area contributed by atoms with Crippen LogP contribution in [-0.2, 0) is 0 Å². The third-order valence-electron chi connectivity index (χ3n) is 2.13. The molecule has 14 heavy (non-hydrogen) atoms. The van der Waals surface area contributed by atoms with Crippen LogP contribution in [0.2, 0.25) is 0 Å². The van der Waals surface area contributed by atoms with E-state index in [4.69, 9.17) is 10.5 Å². The standard InChI is InChI=1S/C10H13F2NO/c1-6(5-13)10-8(11)3-7(14-2)4-9(10)12/h3-4,6H,5,13H2,1-2H3. The molecule has 1 aromatic carbocycles. The van der Waals surface area contributed by atoms with E-state index in [0.717, 1.165) is 12.1 Å². The lowest BCUT2D eigenvalue weighted by atomic mass is 10.00. The molecule has 0 spiro atoms. The van der Waals surface area contributed by atoms with Crippen molar-refractivity contribution in [3.05, 3.63) is 29.3 Å². The Morgan fingerprint density at radius 1 is 1.36 bits per heavy atom. The van der Waals surface area contributed by atoms with Gasteiger partial charge < -0.3 is 10.5 Å². The van der Waals surface area contributed by atoms with Gasteiger partial charge >= 0.3 is 0 Å². The van der Waals surface area contributed by atoms with Crippen molar-refractivity contribution in [2.75, 3.05) is 13.7 Å². The molecule has 78 valence electrons. The maximum Gasteiger partial charge on any atom is 0.133 e. The first-order chi connectivity index (χ1) is 6.60. The summed E-state index contributed by atoms with van der Waals surface area (Å²) in [6.45, 7) is 1.88. The number of hydrogen-bond donors (Lipinski definition) is 1. The van der Waals surface area contributed by atoms with Crippen molar-refractivity contribution in [2.45, 2.75) is 12.8 Å². The molecule has 1 aromatic rings. The number of benzene rings is 1. The smallest absolute Gasteiger partial charge is 0.133 e. The molecule has 4 heteroatoms. The monoisotopic (exact) mass is 201 g/mol. The highest BCUT2D eigenvalue weighted by Crippen LogP contribution is 2.25. The number of nitrogens with two attached hydrogens (primary N) is 1. The Balaban J connectivity index is 3.18. The van der Waals surface area contributed by atoms with Gasteiger partial charge in [-0.25, -0.2) is 8.78 Å². The van der Waals surface area contributed by atoms with Crippen LogP contribution in [-0.4, -0.2) is 13.7 Å². The van der Waals surface area contributed by atoms with Crippen LogP contribution >= 0.6 is 0 Å². The van der Waals surface area contributed by atoms with Gasteiger partial charge in [-0.15, -0.1) is 0 Å². The van der Waals surface area contributed by atoms with Crippen molar-refractivity contribution >= 4 is 0 Å². The largest absolute Gasteiger partial charge is 0.497 e. The highest BCUT2D eigenvalue weighted by Gasteiger charge is 2.16. The third-order valence-corrected chi connectivity index (χ3v) is 2.13. The van der Waals surface area contributed by atoms with E-state index >= 15 is 0 Å². The van der Waals surface area contributed by atoms with Crippen LogP contribution in [0.5, 0.6) is 5.75 Å². The number of rotatable bonds is 3. The first-order valence-electron chi connectivity index (χ1n) is 4.33. The summed E-state index contributed by atoms with van der Waals surface area (Å²) in [6.07, 6.45) is 0. The Morgan fingerprint density at radius 2 is 1.86 bits per heavy atom. The lowest BCUT2D eigenvalue weighted by Crippen LogP contribution is -2.12. The zero-order valence-corrected chi connectivity index (χ0v) is 8.18. The molecule has 1 rings (SSSR count). The van der Waals surface area contributed by atoms with Crippen molar-refractivity contribution in [3.8, 4) is 5.75 Å². The van der Waals surface area contributed by atoms with E-state index in [0.29, 0.717) is 0 Å². The van der Waals surface area contributed by atoms with Gasteiger partial charge in [0.2, 0.25) is 0 Å². The van der Waals surface area contributed by atoms with Crippen LogP contribution < -0.4 is 10.5 Å². The molecule has 0 bridgehead atoms. The van der Waals surface area contributed by atoms with Crippen molar-refractivity contribution in [1.29, 1.82) is 0 Å². The van der Waals surface area contributed by atoms with Gasteiger partial charge in [0, 0.05) is 17.7 Å². The second-order valence-electron chi connectivity index (χ2n) is 3.14. The lowest BCUT2D eigenvalue weighted by molar-refractivity contribution is 0.404. The number of ether oxygens (including phenoxy) is 1. The summed E-state index contributed by atoms with van der Waals surface area (Å²) in [5.74, 6) is -1.38. The maximum atomic E-state index is 13.4. The van der Waals surface area contributed by atoms with Gasteiger partial charge in [0.25, 0.3) is 0 Å². The topological polar surface area (TPSA) is 35.2 Å². The molecule has 0 amide bonds. The molecule has 0 aromatic heterocycles. The van der Waals surface area contributed by atoms with Gasteiger partial charge in [0.15, 0.2) is 0 Å². The summed E-state index contributed by atoms with van der Waals surface area (Å²) >= 11 is 0. The Kier molecular flexibility index (Phi) is 3.41. The van der Waals surface area contributed by atoms with Crippen molar-refractivity contribution in [3.63, 3.8) is 0 Å². The van der Waals surface area contributed by atoms with Gasteiger partial charge in [-0.3, -0.25) is 0 Å². The quantitative estimate of drug-likeness (QED) is 0.812. The first kappa shape index (κ1) is 10.9. The Morgan fingerprint density at radius 3 is 2.21 bits per heavy atom. The van der Waals surface area contributed by atoms with Crippen molar-refractivity contribution in [2.24, 2.45) is 5.73 Å². The minimum Gasteiger partial charge on any atom is -0.497 e. The van der Waals surface area contributed by atoms with Crippen LogP contribution in [0.3, 0.4) is 0 Å². The third kappa shape index (κ3) is 2.01. The normalized spacial score (nSPS) is 12.6. The summed E-state index contributed by atoms with van der Waals surface area (Å²) in [5.41, 5.74) is 5.37. The molecule has 0 aliphatic rings. The molecule has 0 radical (unpaired) electrons. The molecule has 0 saturated heterocycles. The first-order valence-corrected chi connectivity index (χ1v) is 4.33. The summed E-state index contributed by atoms with van der Waals surface area (Å²) < 4.78 is 31.5. The fraction of sp³-hybridized carbons (Fsp3) is 0.400. The number of methoxy groups -OCH3 is 1. The second-order valence-corrected chi connectivity index (χ2v) is 3.14. The van der Waals surface area contributed by atoms with E-state index in [9.17, 15) is 8.78 Å². The number of halogens is 2. The van der Waals surface area contributed by atoms with E-state index in [2.05, 4.69) is 0 Å². The number of hydrogen-bond acceptors (Lipinski definition) is 2. The molecule has 2 nitrogen and oxygen atoms in total. The average molecular weight is 201 g/mol. The van der Waals surface area contributed by atoms with E-state index in [1.54, 1.807) is 6.92 Å². The fourth-order valence-electron chi connectivity index (χ4n) is 1.27. The molecular formula is C10H13F2NO. The van der Waals surface area contributed by atoms with Gasteiger partial charge in [-0.2, -0.15) is 0 Å². The van der Waals surface area contributed by atoms with Crippen LogP contribution in [0.1, 0.15) is 18.4 Å². The zero-order chi connectivity index (χ0) is 10.7. The highest BCUT2D eigenvalue weighted by molar-refractivity contribution is 5.32. The SMILES string of the molecule is COc1cc(F)c(C(C)CN)c(F)c1. The van der Waals surface area contributed by atoms with E-state index in [1.165, 1.54) is 7.11 Å². The predicted octanol–water partition coefficient (Wildman–Crippen LogP) is 2.04. The van der Waals surface area contributed by atoms with Crippen molar-refractivity contribution in [1.82, 2.24) is 0 Å². The van der Waals surface area contributed by atoms with Crippen LogP contribution in [0.25, 0.3) is 0 Å². The lowest BCUT2D eigenvalue weighted by Gasteiger charge is -2.12. The summed E-state index contributed by atoms with van der Waals surface area (Å²) in [4.78, 5) is 0. The molecular weight excluding hydrogens is 188 g/mol. The Hall–Kier alpha value is -1.16. The van der Waals surface area contributed by atoms with E-state index in [-0.39, 0.29) is 23.8 Å². The molecule has 0 fully saturated rings. The van der Waals surface area contributed by atoms with Crippen LogP contribution in [0, 0.1) is 11.6 Å². The summed E-state index contributed by atoms with van der Waals surface area (Å²) in [7, 11) is 1.36. The van der Waals surface area contributed by atoms with Gasteiger partial charge in [0.1, 0.15) is 17.4 Å². The average Bonchev–Trinajstić information content (AvgIpc) is 2.16. The molecule has 1 unspecified atom stereocenters. The van der Waals surface area contributed by atoms with Crippen LogP contribution in [0.15, 0.2) is 12.1 Å². The molecule has 0 aliphatic carbocycles. The van der Waals surface area contributed by atoms with E-state index < -0.39 is 11.6 Å². The molecule has 0 heterocycles. The molecule has 0 saturated carbocycles. The zero-order valence-electron chi connectivity index (χ0n) is 8.18. The minimum atomic E-state index is -0.611. The molecule has 1 atom stereocenters. The van der Waals surface area contributed by atoms with Gasteiger partial charge in [0.05, 0.1) is 7.11 Å². The predicted molar refractivity (Wildman–Crippen MR) is 50.4 cm³/mol. The summed E-state index contributed by atoms with van der Waals surface area (Å²) in [5, 5.41) is 0. The van der Waals surface area contributed by atoms with Crippen molar-refractivity contribution < 1.29 is 13.5 Å². The Labute approximate surface area is 81.7 Å². The molecule has 2 N–H and O–H groups in total. The van der Waals surface area contributed by atoms with Crippen LogP contribution in [0.4, 0.5) is 8.78 Å². The summed E-state index contributed by atoms with van der Waals surface area (Å²) in [6, 6.07) is 2.31. The van der Waals surface area contributed by atoms with E-state index in [1.807, 2.05) is 0 Å². The maximum absolute atomic E-state index is 13.4. The second kappa shape index (κ2) is 4.37. The molecule has 0 aliphatic heterocycles.